The molecule has 0 amide bonds. The summed E-state index contributed by atoms with van der Waals surface area (Å²) >= 11 is 0. The van der Waals surface area contributed by atoms with E-state index in [1.807, 2.05) is 0 Å². The molecule has 0 aromatic rings. The molecule has 0 aromatic heterocycles. The van der Waals surface area contributed by atoms with E-state index in [1.54, 1.807) is 0 Å². The average Bonchev–Trinajstić information content (AvgIpc) is 3.11. The number of carbonyl (C=O) groups excluding carboxylic acids is 2. The molecule has 404 valence electrons. The molecule has 0 aromatic carbocycles. The van der Waals surface area contributed by atoms with Crippen LogP contribution in [0.3, 0.4) is 0 Å². The number of carbonyl (C=O) groups is 2. The number of alkyl halides is 34. The van der Waals surface area contributed by atoms with Crippen LogP contribution in [0.5, 0.6) is 0 Å². The van der Waals surface area contributed by atoms with Gasteiger partial charge < -0.3 is 9.47 Å². The maximum atomic E-state index is 15.4. The Morgan fingerprint density at radius 2 is 0.412 bits per heavy atom. The first kappa shape index (κ1) is 64.3. The fourth-order valence-corrected chi connectivity index (χ4v) is 4.54. The first-order valence-electron chi connectivity index (χ1n) is 16.4. The molecule has 38 heteroatoms. The van der Waals surface area contributed by atoms with E-state index in [0.717, 1.165) is 0 Å². The molecule has 2 unspecified atom stereocenters. The first-order valence-corrected chi connectivity index (χ1v) is 16.4. The van der Waals surface area contributed by atoms with E-state index in [0.29, 0.717) is 0 Å². The second-order valence-electron chi connectivity index (χ2n) is 14.6. The van der Waals surface area contributed by atoms with Gasteiger partial charge in [-0.05, 0) is 0 Å². The van der Waals surface area contributed by atoms with Crippen LogP contribution in [0.1, 0.15) is 41.5 Å². The number of hydrogen-bond acceptors (Lipinski definition) is 4. The first-order chi connectivity index (χ1) is 28.9. The Kier molecular flexibility index (Phi) is 16.1. The minimum Gasteiger partial charge on any atom is -0.418 e. The van der Waals surface area contributed by atoms with Gasteiger partial charge in [-0.15, -0.1) is 0 Å². The van der Waals surface area contributed by atoms with Crippen LogP contribution in [-0.4, -0.2) is 118 Å². The summed E-state index contributed by atoms with van der Waals surface area (Å²) in [5, 5.41) is 0. The van der Waals surface area contributed by atoms with Gasteiger partial charge in [-0.2, -0.15) is 149 Å². The summed E-state index contributed by atoms with van der Waals surface area (Å²) in [6.45, 7) is -4.58. The highest BCUT2D eigenvalue weighted by atomic mass is 19.4. The number of esters is 2. The highest BCUT2D eigenvalue weighted by Gasteiger charge is 2.98. The molecule has 0 saturated carbocycles. The molecule has 4 nitrogen and oxygen atoms in total. The third kappa shape index (κ3) is 8.36. The van der Waals surface area contributed by atoms with Crippen molar-refractivity contribution in [2.45, 2.75) is 148 Å². The van der Waals surface area contributed by atoms with Crippen molar-refractivity contribution in [1.29, 1.82) is 0 Å². The maximum Gasteiger partial charge on any atom is 0.385 e. The molecule has 0 rings (SSSR count). The Labute approximate surface area is 353 Å². The van der Waals surface area contributed by atoms with Crippen molar-refractivity contribution >= 4 is 11.9 Å². The average molecular weight is 1090 g/mol. The Morgan fingerprint density at radius 1 is 0.279 bits per heavy atom. The third-order valence-corrected chi connectivity index (χ3v) is 9.03. The summed E-state index contributed by atoms with van der Waals surface area (Å²) < 4.78 is 484. The van der Waals surface area contributed by atoms with Gasteiger partial charge in [0.25, 0.3) is 0 Å². The number of ether oxygens (including phenoxy) is 2. The molecule has 0 spiro atoms. The summed E-state index contributed by atoms with van der Waals surface area (Å²) in [6.07, 6.45) is -2.82. The quantitative estimate of drug-likeness (QED) is 0.0616. The predicted octanol–water partition coefficient (Wildman–Crippen LogP) is 13.5. The summed E-state index contributed by atoms with van der Waals surface area (Å²) in [7, 11) is 0. The molecule has 0 fully saturated rings. The van der Waals surface area contributed by atoms with Gasteiger partial charge in [0.05, 0.1) is 0 Å². The van der Waals surface area contributed by atoms with E-state index in [1.165, 1.54) is 0 Å². The summed E-state index contributed by atoms with van der Waals surface area (Å²) in [4.78, 5) is 23.9. The lowest BCUT2D eigenvalue weighted by Gasteiger charge is -2.45. The van der Waals surface area contributed by atoms with E-state index >= 15 is 8.78 Å². The smallest absolute Gasteiger partial charge is 0.385 e. The lowest BCUT2D eigenvalue weighted by Crippen LogP contribution is -2.76. The second-order valence-corrected chi connectivity index (χ2v) is 14.6. The molecule has 0 saturated heterocycles. The normalized spacial score (nSPS) is 18.0. The van der Waals surface area contributed by atoms with E-state index in [2.05, 4.69) is 9.47 Å². The molecule has 2 atom stereocenters. The second kappa shape index (κ2) is 17.0. The molecule has 0 bridgehead atoms. The van der Waals surface area contributed by atoms with Crippen LogP contribution in [0.2, 0.25) is 0 Å². The highest BCUT2D eigenvalue weighted by Crippen LogP contribution is 2.68. The van der Waals surface area contributed by atoms with E-state index in [9.17, 15) is 150 Å². The van der Waals surface area contributed by atoms with Crippen molar-refractivity contribution in [2.24, 2.45) is 11.8 Å². The van der Waals surface area contributed by atoms with Crippen molar-refractivity contribution in [1.82, 2.24) is 0 Å². The molecule has 0 aliphatic carbocycles. The van der Waals surface area contributed by atoms with Crippen LogP contribution in [0, 0.1) is 11.8 Å². The Bertz CT molecular complexity index is 1740. The Hall–Kier alpha value is -3.70. The molecule has 68 heavy (non-hydrogen) atoms. The van der Waals surface area contributed by atoms with Gasteiger partial charge in [-0.1, -0.05) is 27.7 Å². The molecular formula is C30H22F34O4. The molecule has 0 heterocycles. The van der Waals surface area contributed by atoms with Crippen molar-refractivity contribution in [3.8, 4) is 0 Å². The maximum absolute atomic E-state index is 15.4. The Morgan fingerprint density at radius 3 is 0.544 bits per heavy atom. The van der Waals surface area contributed by atoms with E-state index < -0.39 is 184 Å². The van der Waals surface area contributed by atoms with Crippen LogP contribution in [0.25, 0.3) is 0 Å². The minimum absolute atomic E-state index is 0.401. The number of hydrogen-bond donors (Lipinski definition) is 0. The van der Waals surface area contributed by atoms with Gasteiger partial charge >= 0.3 is 118 Å². The van der Waals surface area contributed by atoms with Crippen LogP contribution in [0.15, 0.2) is 12.2 Å². The van der Waals surface area contributed by atoms with Crippen LogP contribution in [-0.2, 0) is 19.1 Å². The molecular weight excluding hydrogens is 1070 g/mol. The zero-order valence-corrected chi connectivity index (χ0v) is 32.8. The standard InChI is InChI=1S/C30H22F34O4/c1-9(2)15(35,19(41,42)23(49,50)27(57,58)29(61,62)25(53,54)21(45,46)17(37,38)13(5,31)32)67-11(65)7-8-12(66)68-16(36,10(3)4)20(43,44)24(51,52)28(59,60)30(63,64)26(55,56)22(47,48)18(39,40)14(6,33)34/h7-10H,1-6H3/b8-7+. The summed E-state index contributed by atoms with van der Waals surface area (Å²) in [5.74, 6) is -163. The number of halogens is 34. The lowest BCUT2D eigenvalue weighted by molar-refractivity contribution is -0.466. The predicted molar refractivity (Wildman–Crippen MR) is 149 cm³/mol. The summed E-state index contributed by atoms with van der Waals surface area (Å²) in [5.41, 5.74) is 0. The molecule has 0 aliphatic rings. The van der Waals surface area contributed by atoms with Crippen molar-refractivity contribution < 1.29 is 168 Å². The number of rotatable bonds is 22. The minimum atomic E-state index is -9.18. The zero-order valence-electron chi connectivity index (χ0n) is 32.8. The van der Waals surface area contributed by atoms with Crippen LogP contribution in [0.4, 0.5) is 149 Å². The van der Waals surface area contributed by atoms with Crippen LogP contribution < -0.4 is 0 Å². The van der Waals surface area contributed by atoms with Crippen molar-refractivity contribution in [3.05, 3.63) is 12.2 Å². The lowest BCUT2D eigenvalue weighted by atomic mass is 9.84. The topological polar surface area (TPSA) is 52.6 Å². The fraction of sp³-hybridized carbons (Fsp3) is 0.867. The van der Waals surface area contributed by atoms with Gasteiger partial charge in [0.2, 0.25) is 0 Å². The van der Waals surface area contributed by atoms with Gasteiger partial charge in [0.1, 0.15) is 0 Å². The van der Waals surface area contributed by atoms with Gasteiger partial charge in [0, 0.05) is 37.8 Å². The van der Waals surface area contributed by atoms with Crippen molar-refractivity contribution in [2.75, 3.05) is 0 Å². The van der Waals surface area contributed by atoms with Crippen LogP contribution >= 0.6 is 0 Å². The SMILES string of the molecule is CC(C)C(F)(OC(=O)/C=C/C(=O)OC(F)(C(C)C)C(F)(F)C(F)(F)C(F)(F)C(F)(F)C(F)(F)C(F)(F)C(F)(F)C(C)(F)F)C(F)(F)C(F)(F)C(F)(F)C(F)(F)C(F)(F)C(F)(F)C(F)(F)C(C)(F)F. The molecule has 0 N–H and O–H groups in total. The monoisotopic (exact) mass is 1090 g/mol. The van der Waals surface area contributed by atoms with Gasteiger partial charge in [-0.25, -0.2) is 9.59 Å². The van der Waals surface area contributed by atoms with Gasteiger partial charge in [-0.3, -0.25) is 0 Å². The third-order valence-electron chi connectivity index (χ3n) is 9.03. The van der Waals surface area contributed by atoms with Crippen molar-refractivity contribution in [3.63, 3.8) is 0 Å². The molecule has 0 aliphatic heterocycles. The highest BCUT2D eigenvalue weighted by molar-refractivity contribution is 5.92. The van der Waals surface area contributed by atoms with E-state index in [4.69, 9.17) is 0 Å². The largest absolute Gasteiger partial charge is 0.418 e. The van der Waals surface area contributed by atoms with E-state index in [-0.39, 0.29) is 0 Å². The fourth-order valence-electron chi connectivity index (χ4n) is 4.54. The Balaban J connectivity index is 7.33. The van der Waals surface area contributed by atoms with Gasteiger partial charge in [0.15, 0.2) is 0 Å². The summed E-state index contributed by atoms with van der Waals surface area (Å²) in [6, 6.07) is 0. The zero-order chi connectivity index (χ0) is 56.1. The molecule has 0 radical (unpaired) electrons.